The maximum absolute atomic E-state index is 12.5. The Bertz CT molecular complexity index is 1010. The van der Waals surface area contributed by atoms with Crippen LogP contribution in [0.25, 0.3) is 0 Å². The Labute approximate surface area is 153 Å². The maximum atomic E-state index is 12.5. The number of phenolic OH excluding ortho intramolecular Hbond substituents is 3. The van der Waals surface area contributed by atoms with Crippen LogP contribution in [-0.2, 0) is 0 Å². The van der Waals surface area contributed by atoms with E-state index in [1.54, 1.807) is 0 Å². The predicted molar refractivity (Wildman–Crippen MR) is 94.2 cm³/mol. The highest BCUT2D eigenvalue weighted by Gasteiger charge is 2.24. The molecule has 3 aromatic rings. The Morgan fingerprint density at radius 3 is 1.74 bits per heavy atom. The summed E-state index contributed by atoms with van der Waals surface area (Å²) in [7, 11) is 0. The number of esters is 2. The third-order valence-electron chi connectivity index (χ3n) is 3.52. The second-order valence-corrected chi connectivity index (χ2v) is 5.47. The second-order valence-electron chi connectivity index (χ2n) is 5.47. The molecule has 0 spiro atoms. The van der Waals surface area contributed by atoms with E-state index in [2.05, 4.69) is 0 Å². The summed E-state index contributed by atoms with van der Waals surface area (Å²) in [4.78, 5) is 24.9. The van der Waals surface area contributed by atoms with E-state index in [0.717, 1.165) is 0 Å². The lowest BCUT2D eigenvalue weighted by molar-refractivity contribution is 0.0688. The average Bonchev–Trinajstić information content (AvgIpc) is 2.61. The molecule has 0 atom stereocenters. The molecule has 0 bridgehead atoms. The zero-order valence-corrected chi connectivity index (χ0v) is 13.8. The number of carbonyl (C=O) groups excluding carboxylic acids is 2. The van der Waals surface area contributed by atoms with Crippen LogP contribution in [0.15, 0.2) is 66.7 Å². The fourth-order valence-electron chi connectivity index (χ4n) is 2.34. The lowest BCUT2D eigenvalue weighted by Gasteiger charge is -2.11. The maximum Gasteiger partial charge on any atom is 0.348 e. The summed E-state index contributed by atoms with van der Waals surface area (Å²) in [6.45, 7) is 0. The highest BCUT2D eigenvalue weighted by molar-refractivity contribution is 6.06. The summed E-state index contributed by atoms with van der Waals surface area (Å²) in [5.74, 6) is -2.49. The third kappa shape index (κ3) is 4.16. The van der Waals surface area contributed by atoms with E-state index >= 15 is 0 Å². The van der Waals surface area contributed by atoms with Gasteiger partial charge in [0.2, 0.25) is 0 Å². The van der Waals surface area contributed by atoms with Crippen molar-refractivity contribution < 1.29 is 34.4 Å². The van der Waals surface area contributed by atoms with Crippen LogP contribution in [0.4, 0.5) is 0 Å². The normalized spacial score (nSPS) is 10.2. The van der Waals surface area contributed by atoms with Gasteiger partial charge in [0, 0.05) is 12.1 Å². The first-order valence-electron chi connectivity index (χ1n) is 7.78. The number of hydrogen-bond acceptors (Lipinski definition) is 7. The van der Waals surface area contributed by atoms with Gasteiger partial charge in [-0.25, -0.2) is 9.59 Å². The van der Waals surface area contributed by atoms with Crippen LogP contribution in [0, 0.1) is 0 Å². The summed E-state index contributed by atoms with van der Waals surface area (Å²) in [5.41, 5.74) is -0.602. The van der Waals surface area contributed by atoms with Gasteiger partial charge in [-0.1, -0.05) is 18.2 Å². The number of benzene rings is 3. The van der Waals surface area contributed by atoms with Crippen molar-refractivity contribution in [3.05, 3.63) is 77.9 Å². The van der Waals surface area contributed by atoms with Crippen LogP contribution in [-0.4, -0.2) is 27.3 Å². The Morgan fingerprint density at radius 2 is 1.19 bits per heavy atom. The lowest BCUT2D eigenvalue weighted by atomic mass is 10.1. The van der Waals surface area contributed by atoms with E-state index < -0.39 is 17.7 Å². The fourth-order valence-corrected chi connectivity index (χ4v) is 2.34. The highest BCUT2D eigenvalue weighted by atomic mass is 16.5. The SMILES string of the molecule is O=C(Oc1cccc(O)c1)c1cccc(O)c1C(=O)Oc1cccc(O)c1. The summed E-state index contributed by atoms with van der Waals surface area (Å²) in [6.07, 6.45) is 0. The van der Waals surface area contributed by atoms with Crippen LogP contribution < -0.4 is 9.47 Å². The molecule has 0 amide bonds. The van der Waals surface area contributed by atoms with Gasteiger partial charge >= 0.3 is 11.9 Å². The van der Waals surface area contributed by atoms with Gasteiger partial charge in [-0.2, -0.15) is 0 Å². The fraction of sp³-hybridized carbons (Fsp3) is 0. The van der Waals surface area contributed by atoms with Crippen molar-refractivity contribution in [3.63, 3.8) is 0 Å². The van der Waals surface area contributed by atoms with Crippen molar-refractivity contribution >= 4 is 11.9 Å². The molecule has 3 N–H and O–H groups in total. The summed E-state index contributed by atoms with van der Waals surface area (Å²) in [6, 6.07) is 15.0. The van der Waals surface area contributed by atoms with E-state index in [1.807, 2.05) is 0 Å². The van der Waals surface area contributed by atoms with Gasteiger partial charge in [0.05, 0.1) is 5.56 Å². The van der Waals surface area contributed by atoms with Gasteiger partial charge in [0.1, 0.15) is 34.3 Å². The Morgan fingerprint density at radius 1 is 0.667 bits per heavy atom. The molecule has 0 fully saturated rings. The Kier molecular flexibility index (Phi) is 4.94. The molecule has 0 unspecified atom stereocenters. The topological polar surface area (TPSA) is 113 Å². The van der Waals surface area contributed by atoms with Crippen LogP contribution in [0.1, 0.15) is 20.7 Å². The molecule has 3 aromatic carbocycles. The molecule has 0 aromatic heterocycles. The monoisotopic (exact) mass is 366 g/mol. The summed E-state index contributed by atoms with van der Waals surface area (Å²) >= 11 is 0. The van der Waals surface area contributed by atoms with Gasteiger partial charge in [0.25, 0.3) is 0 Å². The molecule has 0 saturated heterocycles. The van der Waals surface area contributed by atoms with Gasteiger partial charge in [-0.3, -0.25) is 0 Å². The number of phenols is 3. The minimum absolute atomic E-state index is 0.0375. The molecule has 0 saturated carbocycles. The molecule has 0 aliphatic carbocycles. The molecule has 0 aliphatic rings. The van der Waals surface area contributed by atoms with E-state index in [-0.39, 0.29) is 34.1 Å². The standard InChI is InChI=1S/C20H14O7/c21-12-4-1-6-14(10-12)26-19(24)16-8-3-9-17(23)18(16)20(25)27-15-7-2-5-13(22)11-15/h1-11,21-23H. The minimum atomic E-state index is -0.999. The highest BCUT2D eigenvalue weighted by Crippen LogP contribution is 2.26. The van der Waals surface area contributed by atoms with E-state index in [4.69, 9.17) is 9.47 Å². The van der Waals surface area contributed by atoms with Crippen molar-refractivity contribution in [2.45, 2.75) is 0 Å². The van der Waals surface area contributed by atoms with E-state index in [0.29, 0.717) is 0 Å². The Hall–Kier alpha value is -4.00. The van der Waals surface area contributed by atoms with Crippen molar-refractivity contribution in [3.8, 4) is 28.7 Å². The van der Waals surface area contributed by atoms with Crippen molar-refractivity contribution in [1.82, 2.24) is 0 Å². The molecule has 7 heteroatoms. The van der Waals surface area contributed by atoms with Gasteiger partial charge < -0.3 is 24.8 Å². The number of hydrogen-bond donors (Lipinski definition) is 3. The van der Waals surface area contributed by atoms with Crippen molar-refractivity contribution in [2.24, 2.45) is 0 Å². The number of aromatic hydroxyl groups is 3. The van der Waals surface area contributed by atoms with Crippen LogP contribution in [0.5, 0.6) is 28.7 Å². The largest absolute Gasteiger partial charge is 0.508 e. The van der Waals surface area contributed by atoms with Crippen molar-refractivity contribution in [2.75, 3.05) is 0 Å². The molecule has 3 rings (SSSR count). The molecule has 0 aliphatic heterocycles. The quantitative estimate of drug-likeness (QED) is 0.480. The predicted octanol–water partition coefficient (Wildman–Crippen LogP) is 3.24. The van der Waals surface area contributed by atoms with Gasteiger partial charge in [-0.15, -0.1) is 0 Å². The molecular weight excluding hydrogens is 352 g/mol. The zero-order chi connectivity index (χ0) is 19.4. The molecule has 136 valence electrons. The number of rotatable bonds is 4. The third-order valence-corrected chi connectivity index (χ3v) is 3.52. The molecule has 27 heavy (non-hydrogen) atoms. The Balaban J connectivity index is 1.89. The lowest BCUT2D eigenvalue weighted by Crippen LogP contribution is -2.17. The summed E-state index contributed by atoms with van der Waals surface area (Å²) in [5, 5.41) is 28.9. The first-order valence-corrected chi connectivity index (χ1v) is 7.78. The second kappa shape index (κ2) is 7.49. The van der Waals surface area contributed by atoms with Crippen LogP contribution in [0.2, 0.25) is 0 Å². The smallest absolute Gasteiger partial charge is 0.348 e. The minimum Gasteiger partial charge on any atom is -0.508 e. The molecule has 0 radical (unpaired) electrons. The summed E-state index contributed by atoms with van der Waals surface area (Å²) < 4.78 is 10.3. The van der Waals surface area contributed by atoms with Crippen LogP contribution in [0.3, 0.4) is 0 Å². The molecular formula is C20H14O7. The first kappa shape index (κ1) is 17.8. The number of ether oxygens (including phenoxy) is 2. The first-order chi connectivity index (χ1) is 12.9. The average molecular weight is 366 g/mol. The molecule has 0 heterocycles. The molecule has 7 nitrogen and oxygen atoms in total. The van der Waals surface area contributed by atoms with Crippen molar-refractivity contribution in [1.29, 1.82) is 0 Å². The van der Waals surface area contributed by atoms with E-state index in [1.165, 1.54) is 66.7 Å². The van der Waals surface area contributed by atoms with Crippen LogP contribution >= 0.6 is 0 Å². The number of carbonyl (C=O) groups is 2. The zero-order valence-electron chi connectivity index (χ0n) is 13.8. The van der Waals surface area contributed by atoms with E-state index in [9.17, 15) is 24.9 Å². The van der Waals surface area contributed by atoms with Gasteiger partial charge in [-0.05, 0) is 36.4 Å². The van der Waals surface area contributed by atoms with Gasteiger partial charge in [0.15, 0.2) is 0 Å².